The first kappa shape index (κ1) is 18.1. The predicted octanol–water partition coefficient (Wildman–Crippen LogP) is 2.03. The second-order valence-electron chi connectivity index (χ2n) is 5.83. The minimum Gasteiger partial charge on any atom is -0.478 e. The summed E-state index contributed by atoms with van der Waals surface area (Å²) in [4.78, 5) is 35.4. The Morgan fingerprint density at radius 1 is 1.12 bits per heavy atom. The van der Waals surface area contributed by atoms with Gasteiger partial charge in [-0.25, -0.2) is 13.2 Å². The molecule has 7 nitrogen and oxygen atoms in total. The van der Waals surface area contributed by atoms with Crippen LogP contribution >= 0.6 is 0 Å². The van der Waals surface area contributed by atoms with Crippen molar-refractivity contribution in [1.82, 2.24) is 4.31 Å². The highest BCUT2D eigenvalue weighted by Crippen LogP contribution is 2.24. The summed E-state index contributed by atoms with van der Waals surface area (Å²) in [6.07, 6.45) is 2.58. The highest BCUT2D eigenvalue weighted by Gasteiger charge is 2.37. The number of hydrogen-bond donors (Lipinski definition) is 1. The molecule has 0 bridgehead atoms. The summed E-state index contributed by atoms with van der Waals surface area (Å²) in [5, 5.41) is 8.88. The summed E-state index contributed by atoms with van der Waals surface area (Å²) in [5.74, 6) is -3.23. The van der Waals surface area contributed by atoms with Crippen LogP contribution in [0.1, 0.15) is 49.4 Å². The molecule has 2 amide bonds. The third-order valence-corrected chi connectivity index (χ3v) is 5.75. The molecular weight excluding hydrogens is 334 g/mol. The Morgan fingerprint density at radius 2 is 1.75 bits per heavy atom. The van der Waals surface area contributed by atoms with E-state index in [-0.39, 0.29) is 16.9 Å². The zero-order valence-electron chi connectivity index (χ0n) is 13.3. The van der Waals surface area contributed by atoms with Crippen LogP contribution in [-0.4, -0.2) is 35.6 Å². The van der Waals surface area contributed by atoms with Crippen LogP contribution in [0.4, 0.5) is 0 Å². The van der Waals surface area contributed by atoms with Gasteiger partial charge >= 0.3 is 5.97 Å². The van der Waals surface area contributed by atoms with Crippen molar-refractivity contribution in [3.8, 4) is 0 Å². The average Bonchev–Trinajstić information content (AvgIpc) is 2.59. The molecule has 1 fully saturated rings. The molecule has 2 rings (SSSR count). The normalized spacial score (nSPS) is 20.2. The lowest BCUT2D eigenvalue weighted by Crippen LogP contribution is -2.44. The Labute approximate surface area is 140 Å². The Bertz CT molecular complexity index is 753. The molecular formula is C16H19NO6S. The summed E-state index contributed by atoms with van der Waals surface area (Å²) in [5.41, 5.74) is -0.0792. The Hall–Kier alpha value is -2.22. The van der Waals surface area contributed by atoms with Gasteiger partial charge in [0, 0.05) is 12.3 Å². The molecule has 0 spiro atoms. The molecule has 1 aliphatic rings. The van der Waals surface area contributed by atoms with Gasteiger partial charge in [-0.05, 0) is 37.1 Å². The van der Waals surface area contributed by atoms with Crippen molar-refractivity contribution in [3.05, 3.63) is 29.8 Å². The minimum atomic E-state index is -4.35. The number of carbonyl (C=O) groups is 3. The molecule has 0 aliphatic carbocycles. The SMILES string of the molecule is CC1CCCCCC(=O)N(S(=O)(=O)c2ccc(C(=O)O)cc2)C1=O. The van der Waals surface area contributed by atoms with Gasteiger partial charge in [0.1, 0.15) is 0 Å². The molecule has 24 heavy (non-hydrogen) atoms. The van der Waals surface area contributed by atoms with Crippen LogP contribution in [-0.2, 0) is 19.6 Å². The molecule has 1 aromatic carbocycles. The topological polar surface area (TPSA) is 109 Å². The quantitative estimate of drug-likeness (QED) is 0.833. The highest BCUT2D eigenvalue weighted by atomic mass is 32.2. The lowest BCUT2D eigenvalue weighted by atomic mass is 10.0. The van der Waals surface area contributed by atoms with Crippen LogP contribution in [0.15, 0.2) is 29.2 Å². The van der Waals surface area contributed by atoms with E-state index in [0.717, 1.165) is 37.1 Å². The maximum Gasteiger partial charge on any atom is 0.335 e. The molecule has 1 heterocycles. The lowest BCUT2D eigenvalue weighted by molar-refractivity contribution is -0.140. The first-order chi connectivity index (χ1) is 11.2. The number of sulfonamides is 1. The van der Waals surface area contributed by atoms with Crippen molar-refractivity contribution in [3.63, 3.8) is 0 Å². The first-order valence-corrected chi connectivity index (χ1v) is 9.14. The molecule has 1 aliphatic heterocycles. The van der Waals surface area contributed by atoms with Crippen molar-refractivity contribution in [2.75, 3.05) is 0 Å². The number of carbonyl (C=O) groups excluding carboxylic acids is 2. The zero-order chi connectivity index (χ0) is 17.9. The van der Waals surface area contributed by atoms with Crippen LogP contribution in [0, 0.1) is 5.92 Å². The van der Waals surface area contributed by atoms with Gasteiger partial charge in [0.25, 0.3) is 10.0 Å². The monoisotopic (exact) mass is 353 g/mol. The number of aromatic carboxylic acids is 1. The van der Waals surface area contributed by atoms with Crippen LogP contribution in [0.25, 0.3) is 0 Å². The summed E-state index contributed by atoms with van der Waals surface area (Å²) < 4.78 is 25.9. The minimum absolute atomic E-state index is 0.00903. The first-order valence-electron chi connectivity index (χ1n) is 7.70. The van der Waals surface area contributed by atoms with E-state index >= 15 is 0 Å². The molecule has 1 atom stereocenters. The highest BCUT2D eigenvalue weighted by molar-refractivity contribution is 7.90. The molecule has 1 unspecified atom stereocenters. The van der Waals surface area contributed by atoms with Crippen LogP contribution in [0.5, 0.6) is 0 Å². The molecule has 0 radical (unpaired) electrons. The fourth-order valence-electron chi connectivity index (χ4n) is 2.58. The Kier molecular flexibility index (Phi) is 5.38. The maximum absolute atomic E-state index is 12.7. The number of hydrogen-bond acceptors (Lipinski definition) is 5. The van der Waals surface area contributed by atoms with Gasteiger partial charge < -0.3 is 5.11 Å². The number of carboxylic acid groups (broad SMARTS) is 1. The van der Waals surface area contributed by atoms with E-state index in [1.54, 1.807) is 6.92 Å². The van der Waals surface area contributed by atoms with E-state index < -0.39 is 33.7 Å². The number of rotatable bonds is 3. The van der Waals surface area contributed by atoms with E-state index in [1.165, 1.54) is 0 Å². The Balaban J connectivity index is 2.44. The second kappa shape index (κ2) is 7.12. The summed E-state index contributed by atoms with van der Waals surface area (Å²) in [6, 6.07) is 4.45. The second-order valence-corrected chi connectivity index (χ2v) is 7.62. The number of nitrogens with zero attached hydrogens (tertiary/aromatic N) is 1. The van der Waals surface area contributed by atoms with E-state index in [1.807, 2.05) is 0 Å². The predicted molar refractivity (Wildman–Crippen MR) is 84.7 cm³/mol. The largest absolute Gasteiger partial charge is 0.478 e. The third kappa shape index (κ3) is 3.64. The smallest absolute Gasteiger partial charge is 0.335 e. The fraction of sp³-hybridized carbons (Fsp3) is 0.438. The number of imide groups is 1. The maximum atomic E-state index is 12.7. The van der Waals surface area contributed by atoms with Crippen LogP contribution in [0.3, 0.4) is 0 Å². The molecule has 0 aromatic heterocycles. The average molecular weight is 353 g/mol. The third-order valence-electron chi connectivity index (χ3n) is 4.02. The van der Waals surface area contributed by atoms with E-state index in [9.17, 15) is 22.8 Å². The molecule has 0 saturated carbocycles. The molecule has 1 saturated heterocycles. The summed E-state index contributed by atoms with van der Waals surface area (Å²) in [7, 11) is -4.35. The summed E-state index contributed by atoms with van der Waals surface area (Å²) in [6.45, 7) is 1.61. The van der Waals surface area contributed by atoms with Crippen molar-refractivity contribution in [1.29, 1.82) is 0 Å². The van der Waals surface area contributed by atoms with Crippen LogP contribution < -0.4 is 0 Å². The van der Waals surface area contributed by atoms with Crippen molar-refractivity contribution >= 4 is 27.8 Å². The van der Waals surface area contributed by atoms with Crippen molar-refractivity contribution in [2.24, 2.45) is 5.92 Å². The lowest BCUT2D eigenvalue weighted by Gasteiger charge is -2.23. The van der Waals surface area contributed by atoms with Gasteiger partial charge in [-0.2, -0.15) is 4.31 Å². The van der Waals surface area contributed by atoms with E-state index in [2.05, 4.69) is 0 Å². The number of amides is 2. The van der Waals surface area contributed by atoms with Crippen molar-refractivity contribution in [2.45, 2.75) is 43.9 Å². The van der Waals surface area contributed by atoms with Gasteiger partial charge in [0.15, 0.2) is 0 Å². The fourth-order valence-corrected chi connectivity index (χ4v) is 4.05. The van der Waals surface area contributed by atoms with E-state index in [4.69, 9.17) is 5.11 Å². The summed E-state index contributed by atoms with van der Waals surface area (Å²) >= 11 is 0. The van der Waals surface area contributed by atoms with Gasteiger partial charge in [0.05, 0.1) is 10.5 Å². The molecule has 130 valence electrons. The van der Waals surface area contributed by atoms with Gasteiger partial charge in [-0.15, -0.1) is 0 Å². The van der Waals surface area contributed by atoms with Crippen LogP contribution in [0.2, 0.25) is 0 Å². The Morgan fingerprint density at radius 3 is 2.33 bits per heavy atom. The zero-order valence-corrected chi connectivity index (χ0v) is 14.1. The molecule has 1 aromatic rings. The van der Waals surface area contributed by atoms with Gasteiger partial charge in [0.2, 0.25) is 11.8 Å². The van der Waals surface area contributed by atoms with Crippen molar-refractivity contribution < 1.29 is 27.9 Å². The van der Waals surface area contributed by atoms with E-state index in [0.29, 0.717) is 17.1 Å². The molecule has 1 N–H and O–H groups in total. The number of carboxylic acids is 1. The molecule has 8 heteroatoms. The standard InChI is InChI=1S/C16H19NO6S/c1-11-5-3-2-4-6-14(18)17(15(11)19)24(22,23)13-9-7-12(8-10-13)16(20)21/h7-11H,2-6H2,1H3,(H,20,21). The van der Waals surface area contributed by atoms with Gasteiger partial charge in [-0.1, -0.05) is 19.8 Å². The number of benzene rings is 1. The van der Waals surface area contributed by atoms with Gasteiger partial charge in [-0.3, -0.25) is 9.59 Å².